The third kappa shape index (κ3) is 1.83. The second kappa shape index (κ2) is 4.55. The minimum Gasteiger partial charge on any atom is -0.493 e. The lowest BCUT2D eigenvalue weighted by Crippen LogP contribution is -2.79. The molecule has 1 aliphatic carbocycles. The number of rotatable bonds is 2. The van der Waals surface area contributed by atoms with Crippen LogP contribution in [0.2, 0.25) is 0 Å². The van der Waals surface area contributed by atoms with E-state index in [9.17, 15) is 0 Å². The third-order valence-corrected chi connectivity index (χ3v) is 4.75. The van der Waals surface area contributed by atoms with Gasteiger partial charge in [0.2, 0.25) is 0 Å². The molecule has 1 aliphatic heterocycles. The maximum absolute atomic E-state index is 5.49. The molecule has 0 amide bonds. The number of methoxy groups -OCH3 is 2. The summed E-state index contributed by atoms with van der Waals surface area (Å²) in [5.74, 6) is 1.67. The number of benzene rings is 1. The van der Waals surface area contributed by atoms with Crippen LogP contribution in [0.15, 0.2) is 12.1 Å². The van der Waals surface area contributed by atoms with Crippen LogP contribution in [0.4, 0.5) is 0 Å². The van der Waals surface area contributed by atoms with Gasteiger partial charge in [-0.05, 0) is 30.5 Å². The second-order valence-electron chi connectivity index (χ2n) is 5.72. The quantitative estimate of drug-likeness (QED) is 0.872. The monoisotopic (exact) mass is 260 g/mol. The van der Waals surface area contributed by atoms with E-state index in [4.69, 9.17) is 9.47 Å². The summed E-state index contributed by atoms with van der Waals surface area (Å²) in [6.45, 7) is 3.20. The fourth-order valence-corrected chi connectivity index (χ4v) is 3.62. The minimum absolute atomic E-state index is 0.300. The molecule has 3 rings (SSSR count). The molecular formula is C16H22NO2+. The molecule has 1 spiro atoms. The SMILES string of the molecule is COc1cc2c(cc1OC)C1(CCCC1)C[NH+]=C2C. The van der Waals surface area contributed by atoms with Crippen LogP contribution < -0.4 is 14.5 Å². The zero-order chi connectivity index (χ0) is 13.5. The minimum atomic E-state index is 0.300. The van der Waals surface area contributed by atoms with Gasteiger partial charge in [-0.1, -0.05) is 12.8 Å². The average Bonchev–Trinajstić information content (AvgIpc) is 2.91. The van der Waals surface area contributed by atoms with E-state index in [1.807, 2.05) is 0 Å². The van der Waals surface area contributed by atoms with Gasteiger partial charge in [0.15, 0.2) is 23.8 Å². The second-order valence-corrected chi connectivity index (χ2v) is 5.72. The molecule has 3 heteroatoms. The molecule has 0 unspecified atom stereocenters. The van der Waals surface area contributed by atoms with Gasteiger partial charge in [-0.3, -0.25) is 0 Å². The highest BCUT2D eigenvalue weighted by Gasteiger charge is 2.43. The van der Waals surface area contributed by atoms with E-state index in [1.165, 1.54) is 42.5 Å². The predicted octanol–water partition coefficient (Wildman–Crippen LogP) is 1.42. The Labute approximate surface area is 114 Å². The van der Waals surface area contributed by atoms with Crippen LogP contribution in [0, 0.1) is 0 Å². The van der Waals surface area contributed by atoms with Crippen molar-refractivity contribution < 1.29 is 14.5 Å². The summed E-state index contributed by atoms with van der Waals surface area (Å²) < 4.78 is 10.9. The van der Waals surface area contributed by atoms with Crippen molar-refractivity contribution in [1.29, 1.82) is 0 Å². The fraction of sp³-hybridized carbons (Fsp3) is 0.562. The fourth-order valence-electron chi connectivity index (χ4n) is 3.62. The summed E-state index contributed by atoms with van der Waals surface area (Å²) in [4.78, 5) is 3.58. The molecule has 1 aromatic rings. The molecule has 1 heterocycles. The molecule has 19 heavy (non-hydrogen) atoms. The van der Waals surface area contributed by atoms with Crippen LogP contribution in [-0.2, 0) is 5.41 Å². The molecule has 0 atom stereocenters. The number of hydrogen-bond acceptors (Lipinski definition) is 2. The Balaban J connectivity index is 2.19. The molecule has 102 valence electrons. The molecule has 0 aromatic heterocycles. The molecule has 1 aromatic carbocycles. The van der Waals surface area contributed by atoms with Gasteiger partial charge in [-0.2, -0.15) is 0 Å². The Hall–Kier alpha value is -1.51. The third-order valence-electron chi connectivity index (χ3n) is 4.75. The first-order valence-corrected chi connectivity index (χ1v) is 7.04. The van der Waals surface area contributed by atoms with Gasteiger partial charge in [0.1, 0.15) is 0 Å². The summed E-state index contributed by atoms with van der Waals surface area (Å²) in [6, 6.07) is 4.32. The largest absolute Gasteiger partial charge is 0.493 e. The average molecular weight is 260 g/mol. The van der Waals surface area contributed by atoms with Crippen LogP contribution in [0.5, 0.6) is 11.5 Å². The maximum Gasteiger partial charge on any atom is 0.179 e. The Morgan fingerprint density at radius 3 is 2.32 bits per heavy atom. The predicted molar refractivity (Wildman–Crippen MR) is 75.3 cm³/mol. The summed E-state index contributed by atoms with van der Waals surface area (Å²) in [7, 11) is 3.41. The normalized spacial score (nSPS) is 20.1. The topological polar surface area (TPSA) is 32.4 Å². The zero-order valence-corrected chi connectivity index (χ0v) is 12.0. The van der Waals surface area contributed by atoms with Gasteiger partial charge in [-0.15, -0.1) is 0 Å². The van der Waals surface area contributed by atoms with Crippen molar-refractivity contribution >= 4 is 5.71 Å². The summed E-state index contributed by atoms with van der Waals surface area (Å²) in [6.07, 6.45) is 5.20. The highest BCUT2D eigenvalue weighted by Crippen LogP contribution is 2.45. The van der Waals surface area contributed by atoms with E-state index in [1.54, 1.807) is 14.2 Å². The van der Waals surface area contributed by atoms with Crippen molar-refractivity contribution in [2.24, 2.45) is 0 Å². The van der Waals surface area contributed by atoms with Gasteiger partial charge in [0, 0.05) is 12.5 Å². The van der Waals surface area contributed by atoms with Crippen LogP contribution >= 0.6 is 0 Å². The van der Waals surface area contributed by atoms with Crippen LogP contribution in [0.1, 0.15) is 43.7 Å². The van der Waals surface area contributed by atoms with Crippen molar-refractivity contribution in [1.82, 2.24) is 0 Å². The van der Waals surface area contributed by atoms with E-state index < -0.39 is 0 Å². The van der Waals surface area contributed by atoms with Crippen molar-refractivity contribution in [3.8, 4) is 11.5 Å². The molecule has 1 N–H and O–H groups in total. The lowest BCUT2D eigenvalue weighted by Gasteiger charge is -2.31. The molecule has 0 saturated heterocycles. The van der Waals surface area contributed by atoms with E-state index in [0.29, 0.717) is 5.41 Å². The van der Waals surface area contributed by atoms with E-state index >= 15 is 0 Å². The van der Waals surface area contributed by atoms with E-state index in [2.05, 4.69) is 24.0 Å². The van der Waals surface area contributed by atoms with Crippen LogP contribution in [-0.4, -0.2) is 26.5 Å². The molecule has 1 fully saturated rings. The first-order valence-electron chi connectivity index (χ1n) is 7.04. The number of hydrogen-bond donors (Lipinski definition) is 1. The van der Waals surface area contributed by atoms with E-state index in [-0.39, 0.29) is 0 Å². The van der Waals surface area contributed by atoms with Crippen molar-refractivity contribution in [2.45, 2.75) is 38.0 Å². The number of nitrogens with one attached hydrogen (secondary N) is 1. The molecule has 0 radical (unpaired) electrons. The zero-order valence-electron chi connectivity index (χ0n) is 12.0. The first-order chi connectivity index (χ1) is 9.20. The highest BCUT2D eigenvalue weighted by atomic mass is 16.5. The van der Waals surface area contributed by atoms with Gasteiger partial charge < -0.3 is 9.47 Å². The molecular weight excluding hydrogens is 238 g/mol. The summed E-state index contributed by atoms with van der Waals surface area (Å²) >= 11 is 0. The van der Waals surface area contributed by atoms with Gasteiger partial charge >= 0.3 is 0 Å². The molecule has 2 aliphatic rings. The Morgan fingerprint density at radius 1 is 1.05 bits per heavy atom. The molecule has 0 bridgehead atoms. The van der Waals surface area contributed by atoms with Crippen molar-refractivity contribution in [3.63, 3.8) is 0 Å². The Bertz CT molecular complexity index is 528. The van der Waals surface area contributed by atoms with Crippen LogP contribution in [0.3, 0.4) is 0 Å². The lowest BCUT2D eigenvalue weighted by molar-refractivity contribution is -0.471. The summed E-state index contributed by atoms with van der Waals surface area (Å²) in [5, 5.41) is 0. The van der Waals surface area contributed by atoms with Crippen molar-refractivity contribution in [2.75, 3.05) is 20.8 Å². The highest BCUT2D eigenvalue weighted by molar-refractivity contribution is 5.97. The molecule has 3 nitrogen and oxygen atoms in total. The Kier molecular flexibility index (Phi) is 3.00. The van der Waals surface area contributed by atoms with Gasteiger partial charge in [0.05, 0.1) is 19.6 Å². The number of fused-ring (bicyclic) bond motifs is 2. The standard InChI is InChI=1S/C16H21NO2/c1-11-12-8-14(18-2)15(19-3)9-13(12)16(10-17-11)6-4-5-7-16/h8-9H,4-7,10H2,1-3H3/p+1. The van der Waals surface area contributed by atoms with E-state index in [0.717, 1.165) is 18.0 Å². The first kappa shape index (κ1) is 12.5. The van der Waals surface area contributed by atoms with Gasteiger partial charge in [0.25, 0.3) is 0 Å². The smallest absolute Gasteiger partial charge is 0.179 e. The Morgan fingerprint density at radius 2 is 1.68 bits per heavy atom. The lowest BCUT2D eigenvalue weighted by atomic mass is 9.74. The number of ether oxygens (including phenoxy) is 2. The van der Waals surface area contributed by atoms with Crippen molar-refractivity contribution in [3.05, 3.63) is 23.3 Å². The van der Waals surface area contributed by atoms with Gasteiger partial charge in [-0.25, -0.2) is 4.99 Å². The summed E-state index contributed by atoms with van der Waals surface area (Å²) in [5.41, 5.74) is 4.28. The molecule has 1 saturated carbocycles. The maximum atomic E-state index is 5.49. The van der Waals surface area contributed by atoms with Crippen LogP contribution in [0.25, 0.3) is 0 Å².